The fourth-order valence-electron chi connectivity index (χ4n) is 0.696. The van der Waals surface area contributed by atoms with E-state index in [-0.39, 0.29) is 11.5 Å². The van der Waals surface area contributed by atoms with Crippen LogP contribution in [0.5, 0.6) is 5.75 Å². The molecule has 0 aromatic heterocycles. The first-order valence-electron chi connectivity index (χ1n) is 4.99. The van der Waals surface area contributed by atoms with E-state index in [1.54, 1.807) is 12.1 Å². The number of hydrogen-bond donors (Lipinski definition) is 2. The van der Waals surface area contributed by atoms with Crippen molar-refractivity contribution >= 4 is 5.78 Å². The molecule has 1 aromatic rings. The summed E-state index contributed by atoms with van der Waals surface area (Å²) in [5.41, 5.74) is 5.12. The molecule has 0 aliphatic carbocycles. The van der Waals surface area contributed by atoms with E-state index < -0.39 is 0 Å². The van der Waals surface area contributed by atoms with Crippen LogP contribution in [0.4, 0.5) is 0 Å². The van der Waals surface area contributed by atoms with Gasteiger partial charge in [-0.3, -0.25) is 4.79 Å². The Morgan fingerprint density at radius 2 is 1.53 bits per heavy atom. The highest BCUT2D eigenvalue weighted by Crippen LogP contribution is 2.09. The SMILES string of the molecule is CC(=O)c1ccc(O)cc1.CCC.CN. The number of aromatic hydroxyl groups is 1. The van der Waals surface area contributed by atoms with Crippen LogP contribution < -0.4 is 5.73 Å². The van der Waals surface area contributed by atoms with Crippen molar-refractivity contribution in [2.75, 3.05) is 7.05 Å². The number of phenolic OH excluding ortho intramolecular Hbond substituents is 1. The van der Waals surface area contributed by atoms with Crippen LogP contribution >= 0.6 is 0 Å². The van der Waals surface area contributed by atoms with Crippen LogP contribution in [0.2, 0.25) is 0 Å². The van der Waals surface area contributed by atoms with E-state index in [4.69, 9.17) is 5.11 Å². The maximum atomic E-state index is 10.7. The molecular weight excluding hydrogens is 190 g/mol. The average Bonchev–Trinajstić information content (AvgIpc) is 2.22. The maximum absolute atomic E-state index is 10.7. The van der Waals surface area contributed by atoms with Crippen molar-refractivity contribution in [3.8, 4) is 5.75 Å². The van der Waals surface area contributed by atoms with E-state index in [9.17, 15) is 4.79 Å². The van der Waals surface area contributed by atoms with Crippen molar-refractivity contribution in [1.29, 1.82) is 0 Å². The molecule has 0 atom stereocenters. The number of hydrogen-bond acceptors (Lipinski definition) is 3. The third-order valence-corrected chi connectivity index (χ3v) is 1.27. The smallest absolute Gasteiger partial charge is 0.159 e. The van der Waals surface area contributed by atoms with Gasteiger partial charge in [-0.05, 0) is 38.2 Å². The summed E-state index contributed by atoms with van der Waals surface area (Å²) < 4.78 is 0. The summed E-state index contributed by atoms with van der Waals surface area (Å²) in [4.78, 5) is 10.7. The Hall–Kier alpha value is -1.35. The number of benzene rings is 1. The highest BCUT2D eigenvalue weighted by atomic mass is 16.3. The molecule has 3 N–H and O–H groups in total. The summed E-state index contributed by atoms with van der Waals surface area (Å²) in [5, 5.41) is 8.83. The van der Waals surface area contributed by atoms with Crippen LogP contribution in [-0.2, 0) is 0 Å². The number of nitrogens with two attached hydrogens (primary N) is 1. The topological polar surface area (TPSA) is 63.3 Å². The summed E-state index contributed by atoms with van der Waals surface area (Å²) in [7, 11) is 1.50. The summed E-state index contributed by atoms with van der Waals surface area (Å²) in [6, 6.07) is 6.18. The van der Waals surface area contributed by atoms with E-state index in [0.717, 1.165) is 0 Å². The van der Waals surface area contributed by atoms with Crippen molar-refractivity contribution in [1.82, 2.24) is 0 Å². The van der Waals surface area contributed by atoms with Gasteiger partial charge in [0.25, 0.3) is 0 Å². The Morgan fingerprint density at radius 3 is 1.80 bits per heavy atom. The van der Waals surface area contributed by atoms with Gasteiger partial charge in [-0.25, -0.2) is 0 Å². The quantitative estimate of drug-likeness (QED) is 0.702. The molecule has 86 valence electrons. The highest BCUT2D eigenvalue weighted by molar-refractivity contribution is 5.94. The molecule has 0 bridgehead atoms. The number of carbonyl (C=O) groups excluding carboxylic acids is 1. The second-order valence-corrected chi connectivity index (χ2v) is 2.81. The molecule has 15 heavy (non-hydrogen) atoms. The fourth-order valence-corrected chi connectivity index (χ4v) is 0.696. The molecule has 1 aromatic carbocycles. The van der Waals surface area contributed by atoms with Gasteiger partial charge < -0.3 is 10.8 Å². The minimum Gasteiger partial charge on any atom is -0.508 e. The zero-order valence-electron chi connectivity index (χ0n) is 9.95. The second kappa shape index (κ2) is 10.7. The molecule has 3 nitrogen and oxygen atoms in total. The largest absolute Gasteiger partial charge is 0.508 e. The van der Waals surface area contributed by atoms with E-state index in [1.165, 1.54) is 32.5 Å². The Bertz CT molecular complexity index is 255. The van der Waals surface area contributed by atoms with Crippen LogP contribution in [-0.4, -0.2) is 17.9 Å². The van der Waals surface area contributed by atoms with Gasteiger partial charge in [-0.2, -0.15) is 0 Å². The van der Waals surface area contributed by atoms with Crippen LogP contribution in [0.15, 0.2) is 24.3 Å². The van der Waals surface area contributed by atoms with Gasteiger partial charge in [0.1, 0.15) is 5.75 Å². The van der Waals surface area contributed by atoms with Gasteiger partial charge in [0.15, 0.2) is 5.78 Å². The fraction of sp³-hybridized carbons (Fsp3) is 0.417. The van der Waals surface area contributed by atoms with Gasteiger partial charge in [-0.15, -0.1) is 0 Å². The molecule has 0 amide bonds. The van der Waals surface area contributed by atoms with E-state index in [0.29, 0.717) is 5.56 Å². The van der Waals surface area contributed by atoms with E-state index in [2.05, 4.69) is 19.6 Å². The predicted octanol–water partition coefficient (Wildman–Crippen LogP) is 2.59. The van der Waals surface area contributed by atoms with Crippen LogP contribution in [0, 0.1) is 0 Å². The van der Waals surface area contributed by atoms with Gasteiger partial charge in [0.2, 0.25) is 0 Å². The normalized spacial score (nSPS) is 7.80. The van der Waals surface area contributed by atoms with Crippen molar-refractivity contribution in [3.63, 3.8) is 0 Å². The Labute approximate surface area is 91.9 Å². The number of ketones is 1. The molecule has 3 heteroatoms. The lowest BCUT2D eigenvalue weighted by molar-refractivity contribution is 0.101. The molecule has 0 aliphatic rings. The van der Waals surface area contributed by atoms with Gasteiger partial charge in [-0.1, -0.05) is 20.3 Å². The zero-order valence-corrected chi connectivity index (χ0v) is 9.95. The lowest BCUT2D eigenvalue weighted by Crippen LogP contribution is -1.89. The molecule has 0 saturated carbocycles. The summed E-state index contributed by atoms with van der Waals surface area (Å²) in [5.74, 6) is 0.199. The standard InChI is InChI=1S/C8H8O2.C3H8.CH5N/c1-6(9)7-2-4-8(10)5-3-7;1-3-2;1-2/h2-5,10H,1H3;3H2,1-2H3;2H2,1H3. The molecular formula is C12H21NO2. The summed E-state index contributed by atoms with van der Waals surface area (Å²) in [6.45, 7) is 5.74. The Kier molecular flexibility index (Phi) is 11.5. The van der Waals surface area contributed by atoms with Crippen LogP contribution in [0.1, 0.15) is 37.6 Å². The van der Waals surface area contributed by atoms with Crippen molar-refractivity contribution < 1.29 is 9.90 Å². The first-order chi connectivity index (χ1) is 7.11. The molecule has 0 radical (unpaired) electrons. The Morgan fingerprint density at radius 1 is 1.20 bits per heavy atom. The highest BCUT2D eigenvalue weighted by Gasteiger charge is 1.96. The molecule has 1 rings (SSSR count). The summed E-state index contributed by atoms with van der Waals surface area (Å²) >= 11 is 0. The molecule has 0 aliphatic heterocycles. The van der Waals surface area contributed by atoms with Crippen molar-refractivity contribution in [2.45, 2.75) is 27.2 Å². The van der Waals surface area contributed by atoms with E-state index in [1.807, 2.05) is 0 Å². The molecule has 0 saturated heterocycles. The number of carbonyl (C=O) groups is 1. The molecule has 0 spiro atoms. The third-order valence-electron chi connectivity index (χ3n) is 1.27. The molecule has 0 heterocycles. The first-order valence-corrected chi connectivity index (χ1v) is 4.99. The van der Waals surface area contributed by atoms with Crippen LogP contribution in [0.3, 0.4) is 0 Å². The van der Waals surface area contributed by atoms with Crippen molar-refractivity contribution in [3.05, 3.63) is 29.8 Å². The zero-order chi connectivity index (χ0) is 12.3. The second-order valence-electron chi connectivity index (χ2n) is 2.81. The lowest BCUT2D eigenvalue weighted by Gasteiger charge is -1.93. The number of rotatable bonds is 1. The number of phenols is 1. The minimum atomic E-state index is 0.0139. The van der Waals surface area contributed by atoms with Gasteiger partial charge >= 0.3 is 0 Å². The average molecular weight is 211 g/mol. The molecule has 0 unspecified atom stereocenters. The molecule has 0 fully saturated rings. The van der Waals surface area contributed by atoms with Gasteiger partial charge in [0.05, 0.1) is 0 Å². The van der Waals surface area contributed by atoms with Gasteiger partial charge in [0, 0.05) is 5.56 Å². The van der Waals surface area contributed by atoms with Crippen molar-refractivity contribution in [2.24, 2.45) is 5.73 Å². The predicted molar refractivity (Wildman–Crippen MR) is 64.2 cm³/mol. The summed E-state index contributed by atoms with van der Waals surface area (Å²) in [6.07, 6.45) is 1.25. The lowest BCUT2D eigenvalue weighted by atomic mass is 10.1. The number of Topliss-reactive ketones (excluding diaryl/α,β-unsaturated/α-hetero) is 1. The monoisotopic (exact) mass is 211 g/mol. The third kappa shape index (κ3) is 8.97. The minimum absolute atomic E-state index is 0.0139. The Balaban J connectivity index is 0. The first kappa shape index (κ1) is 16.1. The maximum Gasteiger partial charge on any atom is 0.159 e. The van der Waals surface area contributed by atoms with E-state index >= 15 is 0 Å². The van der Waals surface area contributed by atoms with Crippen LogP contribution in [0.25, 0.3) is 0 Å².